The molecule has 0 bridgehead atoms. The lowest BCUT2D eigenvalue weighted by atomic mass is 9.78. The molecule has 0 radical (unpaired) electrons. The minimum absolute atomic E-state index is 0.0457. The van der Waals surface area contributed by atoms with E-state index in [1.165, 1.54) is 76.2 Å². The molecule has 0 aliphatic heterocycles. The van der Waals surface area contributed by atoms with E-state index in [9.17, 15) is 4.79 Å². The van der Waals surface area contributed by atoms with Gasteiger partial charge in [0.2, 0.25) is 0 Å². The van der Waals surface area contributed by atoms with Crippen molar-refractivity contribution in [2.24, 2.45) is 23.7 Å². The number of hydrogen-bond donors (Lipinski definition) is 0. The van der Waals surface area contributed by atoms with E-state index in [2.05, 4.69) is 23.8 Å². The second-order valence-electron chi connectivity index (χ2n) is 11.8. The first kappa shape index (κ1) is 27.8. The van der Waals surface area contributed by atoms with Gasteiger partial charge in [0.25, 0.3) is 0 Å². The highest BCUT2D eigenvalue weighted by atomic mass is 16.5. The van der Waals surface area contributed by atoms with Crippen LogP contribution in [0.3, 0.4) is 0 Å². The summed E-state index contributed by atoms with van der Waals surface area (Å²) in [6.07, 6.45) is 24.1. The number of nitrogens with zero attached hydrogens (tertiary/aromatic N) is 2. The summed E-state index contributed by atoms with van der Waals surface area (Å²) >= 11 is 0. The van der Waals surface area contributed by atoms with E-state index in [1.54, 1.807) is 0 Å². The van der Waals surface area contributed by atoms with Crippen molar-refractivity contribution in [3.63, 3.8) is 0 Å². The Bertz CT molecular complexity index is 924. The van der Waals surface area contributed by atoms with Gasteiger partial charge in [0.05, 0.1) is 5.92 Å². The minimum atomic E-state index is -0.0702. The fraction of sp³-hybridized carbons (Fsp3) is 0.667. The van der Waals surface area contributed by atoms with Gasteiger partial charge in [-0.2, -0.15) is 0 Å². The summed E-state index contributed by atoms with van der Waals surface area (Å²) < 4.78 is 5.73. The average Bonchev–Trinajstić information content (AvgIpc) is 2.94. The van der Waals surface area contributed by atoms with Crippen molar-refractivity contribution in [2.45, 2.75) is 117 Å². The molecule has 2 saturated carbocycles. The number of carbonyl (C=O) groups excluding carboxylic acids is 1. The van der Waals surface area contributed by atoms with Crippen LogP contribution in [0.5, 0.6) is 5.75 Å². The molecule has 4 rings (SSSR count). The molecular formula is C33H48N2O2. The van der Waals surface area contributed by atoms with E-state index < -0.39 is 0 Å². The van der Waals surface area contributed by atoms with Crippen LogP contribution < -0.4 is 4.74 Å². The van der Waals surface area contributed by atoms with Crippen molar-refractivity contribution in [1.82, 2.24) is 9.97 Å². The summed E-state index contributed by atoms with van der Waals surface area (Å²) in [7, 11) is 0. The van der Waals surface area contributed by atoms with Crippen molar-refractivity contribution in [1.29, 1.82) is 0 Å². The lowest BCUT2D eigenvalue weighted by molar-refractivity contribution is -0.140. The third-order valence-corrected chi connectivity index (χ3v) is 8.94. The minimum Gasteiger partial charge on any atom is -0.426 e. The van der Waals surface area contributed by atoms with Gasteiger partial charge in [-0.15, -0.1) is 0 Å². The smallest absolute Gasteiger partial charge is 0.314 e. The molecule has 4 nitrogen and oxygen atoms in total. The molecule has 0 N–H and O–H groups in total. The maximum atomic E-state index is 12.7. The first-order chi connectivity index (χ1) is 18.1. The van der Waals surface area contributed by atoms with Crippen molar-refractivity contribution >= 4 is 5.97 Å². The lowest BCUT2D eigenvalue weighted by Crippen LogP contribution is -2.25. The molecule has 1 heterocycles. The zero-order valence-electron chi connectivity index (χ0n) is 23.3. The van der Waals surface area contributed by atoms with Crippen LogP contribution in [0.1, 0.15) is 116 Å². The van der Waals surface area contributed by atoms with E-state index in [0.29, 0.717) is 5.75 Å². The second kappa shape index (κ2) is 14.6. The highest BCUT2D eigenvalue weighted by molar-refractivity contribution is 5.75. The molecular weight excluding hydrogens is 456 g/mol. The first-order valence-electron chi connectivity index (χ1n) is 15.3. The monoisotopic (exact) mass is 504 g/mol. The molecule has 37 heavy (non-hydrogen) atoms. The number of carbonyl (C=O) groups is 1. The number of aryl methyl sites for hydroxylation is 1. The Hall–Kier alpha value is -2.23. The predicted octanol–water partition coefficient (Wildman–Crippen LogP) is 8.97. The van der Waals surface area contributed by atoms with E-state index in [4.69, 9.17) is 4.74 Å². The van der Waals surface area contributed by atoms with Crippen LogP contribution in [0.25, 0.3) is 11.4 Å². The SMILES string of the molecule is CCCCCC1CCC(C(=O)Oc2ccc(-c3ncc(CC[C@H]4CC[C@H](CCC)CC4)cn3)cc2)CC1. The number of hydrogen-bond acceptors (Lipinski definition) is 4. The quantitative estimate of drug-likeness (QED) is 0.164. The van der Waals surface area contributed by atoms with Crippen molar-refractivity contribution in [3.8, 4) is 17.1 Å². The summed E-state index contributed by atoms with van der Waals surface area (Å²) in [5.41, 5.74) is 2.18. The van der Waals surface area contributed by atoms with Crippen LogP contribution in [0, 0.1) is 23.7 Å². The van der Waals surface area contributed by atoms with Crippen molar-refractivity contribution < 1.29 is 9.53 Å². The zero-order valence-corrected chi connectivity index (χ0v) is 23.3. The number of aromatic nitrogens is 2. The molecule has 1 aromatic heterocycles. The van der Waals surface area contributed by atoms with Crippen LogP contribution >= 0.6 is 0 Å². The summed E-state index contributed by atoms with van der Waals surface area (Å²) in [6, 6.07) is 7.65. The third-order valence-electron chi connectivity index (χ3n) is 8.94. The molecule has 2 aromatic rings. The molecule has 4 heteroatoms. The van der Waals surface area contributed by atoms with E-state index in [1.807, 2.05) is 36.7 Å². The Kier molecular flexibility index (Phi) is 11.0. The number of esters is 1. The highest BCUT2D eigenvalue weighted by Crippen LogP contribution is 2.34. The number of unbranched alkanes of at least 4 members (excludes halogenated alkanes) is 2. The average molecular weight is 505 g/mol. The Labute approximate surface area is 225 Å². The molecule has 202 valence electrons. The summed E-state index contributed by atoms with van der Waals surface area (Å²) in [4.78, 5) is 22.0. The van der Waals surface area contributed by atoms with Crippen LogP contribution in [0.2, 0.25) is 0 Å². The van der Waals surface area contributed by atoms with Gasteiger partial charge in [-0.1, -0.05) is 78.1 Å². The molecule has 0 atom stereocenters. The molecule has 0 unspecified atom stereocenters. The standard InChI is InChI=1S/C33H48N2O2/c1-3-5-6-8-26-15-17-30(18-16-26)33(36)37-31-21-19-29(20-22-31)32-34-23-28(24-35-32)14-13-27-11-9-25(7-4-2)10-12-27/h19-27,30H,3-18H2,1-2H3/t25-,26?,27-,30?. The molecule has 0 saturated heterocycles. The Morgan fingerprint density at radius 2 is 1.35 bits per heavy atom. The predicted molar refractivity (Wildman–Crippen MR) is 151 cm³/mol. The van der Waals surface area contributed by atoms with Crippen LogP contribution in [0.4, 0.5) is 0 Å². The topological polar surface area (TPSA) is 52.1 Å². The molecule has 2 aliphatic rings. The molecule has 0 spiro atoms. The molecule has 2 fully saturated rings. The van der Waals surface area contributed by atoms with Crippen LogP contribution in [0.15, 0.2) is 36.7 Å². The summed E-state index contributed by atoms with van der Waals surface area (Å²) in [5, 5.41) is 0. The van der Waals surface area contributed by atoms with E-state index >= 15 is 0 Å². The lowest BCUT2D eigenvalue weighted by Gasteiger charge is -2.28. The maximum absolute atomic E-state index is 12.7. The van der Waals surface area contributed by atoms with Gasteiger partial charge in [-0.25, -0.2) is 9.97 Å². The van der Waals surface area contributed by atoms with Gasteiger partial charge < -0.3 is 4.74 Å². The van der Waals surface area contributed by atoms with Gasteiger partial charge in [0.15, 0.2) is 5.82 Å². The van der Waals surface area contributed by atoms with Gasteiger partial charge in [0, 0.05) is 18.0 Å². The first-order valence-corrected chi connectivity index (χ1v) is 15.3. The maximum Gasteiger partial charge on any atom is 0.314 e. The van der Waals surface area contributed by atoms with Crippen LogP contribution in [-0.4, -0.2) is 15.9 Å². The molecule has 1 aromatic carbocycles. The highest BCUT2D eigenvalue weighted by Gasteiger charge is 2.27. The normalized spacial score (nSPS) is 24.1. The largest absolute Gasteiger partial charge is 0.426 e. The number of rotatable bonds is 12. The fourth-order valence-electron chi connectivity index (χ4n) is 6.46. The Morgan fingerprint density at radius 1 is 0.757 bits per heavy atom. The molecule has 0 amide bonds. The zero-order chi connectivity index (χ0) is 25.9. The van der Waals surface area contributed by atoms with E-state index in [0.717, 1.165) is 61.2 Å². The fourth-order valence-corrected chi connectivity index (χ4v) is 6.46. The second-order valence-corrected chi connectivity index (χ2v) is 11.8. The van der Waals surface area contributed by atoms with Crippen molar-refractivity contribution in [2.75, 3.05) is 0 Å². The van der Waals surface area contributed by atoms with Gasteiger partial charge in [-0.3, -0.25) is 4.79 Å². The number of ether oxygens (including phenoxy) is 1. The Balaban J connectivity index is 1.19. The van der Waals surface area contributed by atoms with Crippen molar-refractivity contribution in [3.05, 3.63) is 42.2 Å². The Morgan fingerprint density at radius 3 is 1.97 bits per heavy atom. The van der Waals surface area contributed by atoms with Gasteiger partial charge in [-0.05, 0) is 86.1 Å². The third kappa shape index (κ3) is 8.65. The molecule has 2 aliphatic carbocycles. The number of benzene rings is 1. The van der Waals surface area contributed by atoms with E-state index in [-0.39, 0.29) is 11.9 Å². The summed E-state index contributed by atoms with van der Waals surface area (Å²) in [5.74, 6) is 3.95. The van der Waals surface area contributed by atoms with Crippen LogP contribution in [-0.2, 0) is 11.2 Å². The van der Waals surface area contributed by atoms with Gasteiger partial charge in [0.1, 0.15) is 5.75 Å². The summed E-state index contributed by atoms with van der Waals surface area (Å²) in [6.45, 7) is 4.56. The van der Waals surface area contributed by atoms with Gasteiger partial charge >= 0.3 is 5.97 Å².